The lowest BCUT2D eigenvalue weighted by atomic mass is 9.72. The lowest BCUT2D eigenvalue weighted by molar-refractivity contribution is -0.139. The Kier molecular flexibility index (Phi) is 6.94. The number of hydrogen-bond donors (Lipinski definition) is 0. The van der Waals surface area contributed by atoms with Gasteiger partial charge in [-0.05, 0) is 41.9 Å². The SMILES string of the molecule is CCOCC(=O)Oc1c(Cl)cc(C(C)(C)CC(C)(C)C)cc1Cl. The fourth-order valence-corrected chi connectivity index (χ4v) is 3.37. The van der Waals surface area contributed by atoms with Gasteiger partial charge in [-0.2, -0.15) is 0 Å². The van der Waals surface area contributed by atoms with Crippen LogP contribution >= 0.6 is 23.2 Å². The summed E-state index contributed by atoms with van der Waals surface area (Å²) in [4.78, 5) is 11.7. The van der Waals surface area contributed by atoms with Crippen LogP contribution in [0.5, 0.6) is 5.75 Å². The van der Waals surface area contributed by atoms with E-state index in [0.717, 1.165) is 12.0 Å². The standard InChI is InChI=1S/C18H26Cl2O3/c1-7-22-10-15(21)23-16-13(19)8-12(9-14(16)20)18(5,6)11-17(2,3)4/h8-9H,7,10-11H2,1-6H3. The van der Waals surface area contributed by atoms with Gasteiger partial charge >= 0.3 is 5.97 Å². The van der Waals surface area contributed by atoms with Crippen LogP contribution in [0.4, 0.5) is 0 Å². The van der Waals surface area contributed by atoms with E-state index in [1.165, 1.54) is 0 Å². The summed E-state index contributed by atoms with van der Waals surface area (Å²) in [7, 11) is 0. The molecule has 0 fully saturated rings. The number of benzene rings is 1. The lowest BCUT2D eigenvalue weighted by Gasteiger charge is -2.33. The van der Waals surface area contributed by atoms with E-state index in [-0.39, 0.29) is 23.2 Å². The van der Waals surface area contributed by atoms with Crippen molar-refractivity contribution in [1.82, 2.24) is 0 Å². The average Bonchev–Trinajstić information content (AvgIpc) is 2.37. The highest BCUT2D eigenvalue weighted by atomic mass is 35.5. The van der Waals surface area contributed by atoms with Gasteiger partial charge in [0.25, 0.3) is 0 Å². The number of carbonyl (C=O) groups is 1. The zero-order chi connectivity index (χ0) is 17.8. The van der Waals surface area contributed by atoms with E-state index in [1.54, 1.807) is 6.92 Å². The Bertz CT molecular complexity index is 537. The Hall–Kier alpha value is -0.770. The second kappa shape index (κ2) is 7.87. The van der Waals surface area contributed by atoms with Crippen LogP contribution in [-0.4, -0.2) is 19.2 Å². The molecule has 0 bridgehead atoms. The lowest BCUT2D eigenvalue weighted by Crippen LogP contribution is -2.25. The van der Waals surface area contributed by atoms with E-state index in [0.29, 0.717) is 16.7 Å². The van der Waals surface area contributed by atoms with Crippen LogP contribution < -0.4 is 4.74 Å². The molecule has 1 rings (SSSR count). The van der Waals surface area contributed by atoms with Crippen LogP contribution in [0.1, 0.15) is 53.5 Å². The van der Waals surface area contributed by atoms with Gasteiger partial charge in [0, 0.05) is 6.61 Å². The molecule has 0 saturated carbocycles. The Labute approximate surface area is 149 Å². The molecule has 0 radical (unpaired) electrons. The summed E-state index contributed by atoms with van der Waals surface area (Å²) in [6.45, 7) is 13.0. The number of ether oxygens (including phenoxy) is 2. The first-order valence-corrected chi connectivity index (χ1v) is 8.50. The van der Waals surface area contributed by atoms with Gasteiger partial charge in [-0.1, -0.05) is 57.8 Å². The quantitative estimate of drug-likeness (QED) is 0.485. The summed E-state index contributed by atoms with van der Waals surface area (Å²) >= 11 is 12.6. The van der Waals surface area contributed by atoms with Crippen LogP contribution in [0.15, 0.2) is 12.1 Å². The maximum absolute atomic E-state index is 11.7. The first kappa shape index (κ1) is 20.3. The second-order valence-corrected chi connectivity index (χ2v) is 8.32. The molecular formula is C18H26Cl2O3. The molecule has 0 atom stereocenters. The van der Waals surface area contributed by atoms with Crippen molar-refractivity contribution in [2.24, 2.45) is 5.41 Å². The molecule has 0 N–H and O–H groups in total. The Morgan fingerprint density at radius 2 is 1.61 bits per heavy atom. The zero-order valence-corrected chi connectivity index (χ0v) is 16.3. The normalized spacial score (nSPS) is 12.3. The second-order valence-electron chi connectivity index (χ2n) is 7.50. The summed E-state index contributed by atoms with van der Waals surface area (Å²) in [6, 6.07) is 3.64. The maximum atomic E-state index is 11.7. The van der Waals surface area contributed by atoms with Crippen LogP contribution in [-0.2, 0) is 14.9 Å². The minimum atomic E-state index is -0.516. The van der Waals surface area contributed by atoms with E-state index < -0.39 is 5.97 Å². The summed E-state index contributed by atoms with van der Waals surface area (Å²) in [5, 5.41) is 0.665. The number of esters is 1. The van der Waals surface area contributed by atoms with Crippen molar-refractivity contribution in [2.45, 2.75) is 53.4 Å². The molecule has 23 heavy (non-hydrogen) atoms. The Morgan fingerprint density at radius 1 is 1.09 bits per heavy atom. The molecule has 0 aliphatic heterocycles. The molecule has 0 aliphatic rings. The highest BCUT2D eigenvalue weighted by Gasteiger charge is 2.29. The Morgan fingerprint density at radius 3 is 2.04 bits per heavy atom. The van der Waals surface area contributed by atoms with E-state index in [9.17, 15) is 4.79 Å². The van der Waals surface area contributed by atoms with E-state index in [1.807, 2.05) is 12.1 Å². The molecule has 1 aromatic carbocycles. The van der Waals surface area contributed by atoms with Crippen LogP contribution in [0.2, 0.25) is 10.0 Å². The first-order valence-electron chi connectivity index (χ1n) is 7.74. The van der Waals surface area contributed by atoms with Crippen LogP contribution in [0, 0.1) is 5.41 Å². The molecule has 1 aromatic rings. The van der Waals surface area contributed by atoms with Crippen LogP contribution in [0.25, 0.3) is 0 Å². The van der Waals surface area contributed by atoms with Gasteiger partial charge in [-0.25, -0.2) is 4.79 Å². The smallest absolute Gasteiger partial charge is 0.337 e. The van der Waals surface area contributed by atoms with Crippen molar-refractivity contribution < 1.29 is 14.3 Å². The van der Waals surface area contributed by atoms with E-state index in [2.05, 4.69) is 34.6 Å². The third-order valence-corrected chi connectivity index (χ3v) is 3.95. The Balaban J connectivity index is 3.03. The predicted molar refractivity (Wildman–Crippen MR) is 95.7 cm³/mol. The van der Waals surface area contributed by atoms with Gasteiger partial charge in [-0.15, -0.1) is 0 Å². The molecule has 0 amide bonds. The summed E-state index contributed by atoms with van der Waals surface area (Å²) in [5.74, 6) is -0.328. The molecule has 0 unspecified atom stereocenters. The summed E-state index contributed by atoms with van der Waals surface area (Å²) < 4.78 is 10.2. The van der Waals surface area contributed by atoms with E-state index in [4.69, 9.17) is 32.7 Å². The van der Waals surface area contributed by atoms with Crippen molar-refractivity contribution >= 4 is 29.2 Å². The van der Waals surface area contributed by atoms with Crippen molar-refractivity contribution in [3.8, 4) is 5.75 Å². The van der Waals surface area contributed by atoms with Crippen molar-refractivity contribution in [3.63, 3.8) is 0 Å². The third kappa shape index (κ3) is 6.33. The zero-order valence-electron chi connectivity index (χ0n) is 14.8. The van der Waals surface area contributed by atoms with Gasteiger partial charge in [0.05, 0.1) is 10.0 Å². The molecule has 0 aliphatic carbocycles. The van der Waals surface area contributed by atoms with E-state index >= 15 is 0 Å². The molecule has 0 spiro atoms. The predicted octanol–water partition coefficient (Wildman–Crippen LogP) is 5.65. The number of halogens is 2. The average molecular weight is 361 g/mol. The van der Waals surface area contributed by atoms with Gasteiger partial charge in [-0.3, -0.25) is 0 Å². The minimum Gasteiger partial charge on any atom is -0.422 e. The first-order chi connectivity index (χ1) is 10.5. The maximum Gasteiger partial charge on any atom is 0.337 e. The van der Waals surface area contributed by atoms with Gasteiger partial charge in [0.15, 0.2) is 5.75 Å². The fraction of sp³-hybridized carbons (Fsp3) is 0.611. The molecule has 130 valence electrons. The molecule has 0 aromatic heterocycles. The van der Waals surface area contributed by atoms with Crippen molar-refractivity contribution in [2.75, 3.05) is 13.2 Å². The number of rotatable bonds is 6. The molecule has 5 heteroatoms. The minimum absolute atomic E-state index is 0.0978. The molecule has 0 heterocycles. The summed E-state index contributed by atoms with van der Waals surface area (Å²) in [6.07, 6.45) is 0.968. The number of carbonyl (C=O) groups excluding carboxylic acids is 1. The van der Waals surface area contributed by atoms with Gasteiger partial charge in [0.2, 0.25) is 0 Å². The summed E-state index contributed by atoms with van der Waals surface area (Å²) in [5.41, 5.74) is 1.09. The highest BCUT2D eigenvalue weighted by Crippen LogP contribution is 2.42. The van der Waals surface area contributed by atoms with Crippen molar-refractivity contribution in [3.05, 3.63) is 27.7 Å². The van der Waals surface area contributed by atoms with Crippen molar-refractivity contribution in [1.29, 1.82) is 0 Å². The molecular weight excluding hydrogens is 335 g/mol. The molecule has 3 nitrogen and oxygen atoms in total. The number of hydrogen-bond acceptors (Lipinski definition) is 3. The van der Waals surface area contributed by atoms with Gasteiger partial charge in [0.1, 0.15) is 6.61 Å². The molecule has 0 saturated heterocycles. The highest BCUT2D eigenvalue weighted by molar-refractivity contribution is 6.37. The largest absolute Gasteiger partial charge is 0.422 e. The topological polar surface area (TPSA) is 35.5 Å². The third-order valence-electron chi connectivity index (χ3n) is 3.39. The van der Waals surface area contributed by atoms with Crippen LogP contribution in [0.3, 0.4) is 0 Å². The fourth-order valence-electron chi connectivity index (χ4n) is 2.80. The monoisotopic (exact) mass is 360 g/mol. The van der Waals surface area contributed by atoms with Gasteiger partial charge < -0.3 is 9.47 Å².